The summed E-state index contributed by atoms with van der Waals surface area (Å²) in [5, 5.41) is 0. The fraction of sp³-hybridized carbons (Fsp3) is 0.778. The molecule has 1 heterocycles. The lowest BCUT2D eigenvalue weighted by Crippen LogP contribution is -2.29. The lowest BCUT2D eigenvalue weighted by Gasteiger charge is -2.22. The van der Waals surface area contributed by atoms with Crippen molar-refractivity contribution in [3.8, 4) is 0 Å². The summed E-state index contributed by atoms with van der Waals surface area (Å²) < 4.78 is 5.08. The second kappa shape index (κ2) is 2.57. The van der Waals surface area contributed by atoms with E-state index in [1.54, 1.807) is 0 Å². The highest BCUT2D eigenvalue weighted by molar-refractivity contribution is 5.99. The van der Waals surface area contributed by atoms with Gasteiger partial charge >= 0.3 is 5.97 Å². The molecule has 0 aromatic carbocycles. The van der Waals surface area contributed by atoms with Crippen LogP contribution in [0.2, 0.25) is 0 Å². The Morgan fingerprint density at radius 1 is 1.50 bits per heavy atom. The van der Waals surface area contributed by atoms with Gasteiger partial charge in [0.05, 0.1) is 0 Å². The molecular formula is C9H14O3. The molecule has 1 saturated heterocycles. The largest absolute Gasteiger partial charge is 0.459 e. The van der Waals surface area contributed by atoms with Crippen molar-refractivity contribution < 1.29 is 14.3 Å². The summed E-state index contributed by atoms with van der Waals surface area (Å²) in [6.07, 6.45) is 0. The number of ketones is 1. The van der Waals surface area contributed by atoms with Gasteiger partial charge in [-0.25, -0.2) is 0 Å². The molecular weight excluding hydrogens is 156 g/mol. The third-order valence-corrected chi connectivity index (χ3v) is 2.65. The normalized spacial score (nSPS) is 33.2. The van der Waals surface area contributed by atoms with E-state index in [-0.39, 0.29) is 17.7 Å². The van der Waals surface area contributed by atoms with E-state index in [0.29, 0.717) is 0 Å². The third-order valence-electron chi connectivity index (χ3n) is 2.65. The van der Waals surface area contributed by atoms with Crippen molar-refractivity contribution in [3.05, 3.63) is 0 Å². The molecule has 12 heavy (non-hydrogen) atoms. The standard InChI is InChI=1S/C9H14O3/c1-5-7(6(2)10)8(11)12-9(5,3)4/h5,7H,1-4H3. The van der Waals surface area contributed by atoms with Crippen molar-refractivity contribution in [1.82, 2.24) is 0 Å². The van der Waals surface area contributed by atoms with Crippen molar-refractivity contribution in [2.24, 2.45) is 11.8 Å². The van der Waals surface area contributed by atoms with E-state index in [9.17, 15) is 9.59 Å². The number of ether oxygens (including phenoxy) is 1. The van der Waals surface area contributed by atoms with Crippen molar-refractivity contribution in [1.29, 1.82) is 0 Å². The Kier molecular flexibility index (Phi) is 1.98. The quantitative estimate of drug-likeness (QED) is 0.438. The Bertz CT molecular complexity index is 230. The Labute approximate surface area is 72.1 Å². The smallest absolute Gasteiger partial charge is 0.317 e. The molecule has 0 amide bonds. The van der Waals surface area contributed by atoms with Crippen molar-refractivity contribution in [2.75, 3.05) is 0 Å². The molecule has 1 aliphatic heterocycles. The molecule has 0 saturated carbocycles. The predicted molar refractivity (Wildman–Crippen MR) is 43.5 cm³/mol. The summed E-state index contributed by atoms with van der Waals surface area (Å²) in [5.41, 5.74) is -0.493. The van der Waals surface area contributed by atoms with E-state index in [4.69, 9.17) is 4.74 Å². The lowest BCUT2D eigenvalue weighted by molar-refractivity contribution is -0.150. The number of esters is 1. The molecule has 1 rings (SSSR count). The molecule has 1 aliphatic rings. The molecule has 3 nitrogen and oxygen atoms in total. The number of hydrogen-bond acceptors (Lipinski definition) is 3. The molecule has 0 aromatic rings. The minimum absolute atomic E-state index is 0.0255. The summed E-state index contributed by atoms with van der Waals surface area (Å²) in [5.74, 6) is -1.06. The maximum atomic E-state index is 11.2. The van der Waals surface area contributed by atoms with Gasteiger partial charge in [0.1, 0.15) is 17.3 Å². The Morgan fingerprint density at radius 2 is 2.00 bits per heavy atom. The molecule has 1 fully saturated rings. The highest BCUT2D eigenvalue weighted by Gasteiger charge is 2.49. The predicted octanol–water partition coefficient (Wildman–Crippen LogP) is 1.16. The van der Waals surface area contributed by atoms with E-state index in [1.807, 2.05) is 20.8 Å². The zero-order valence-electron chi connectivity index (χ0n) is 7.88. The van der Waals surface area contributed by atoms with E-state index < -0.39 is 11.5 Å². The summed E-state index contributed by atoms with van der Waals surface area (Å²) in [7, 11) is 0. The highest BCUT2D eigenvalue weighted by Crippen LogP contribution is 2.36. The molecule has 68 valence electrons. The van der Waals surface area contributed by atoms with Crippen LogP contribution in [-0.2, 0) is 14.3 Å². The first-order chi connectivity index (χ1) is 5.36. The molecule has 0 aromatic heterocycles. The fourth-order valence-electron chi connectivity index (χ4n) is 1.54. The van der Waals surface area contributed by atoms with Gasteiger partial charge in [0.25, 0.3) is 0 Å². The van der Waals surface area contributed by atoms with Crippen LogP contribution in [0.15, 0.2) is 0 Å². The number of cyclic esters (lactones) is 1. The SMILES string of the molecule is CC(=O)C1C(=O)OC(C)(C)C1C. The van der Waals surface area contributed by atoms with Crippen LogP contribution in [0.3, 0.4) is 0 Å². The number of carbonyl (C=O) groups is 2. The third kappa shape index (κ3) is 1.24. The highest BCUT2D eigenvalue weighted by atomic mass is 16.6. The molecule has 2 unspecified atom stereocenters. The summed E-state index contributed by atoms with van der Waals surface area (Å²) >= 11 is 0. The topological polar surface area (TPSA) is 43.4 Å². The Balaban J connectivity index is 2.92. The van der Waals surface area contributed by atoms with Gasteiger partial charge in [-0.15, -0.1) is 0 Å². The van der Waals surface area contributed by atoms with Gasteiger partial charge in [0.2, 0.25) is 0 Å². The number of rotatable bonds is 1. The maximum Gasteiger partial charge on any atom is 0.317 e. The van der Waals surface area contributed by atoms with E-state index in [0.717, 1.165) is 0 Å². The van der Waals surface area contributed by atoms with Crippen molar-refractivity contribution in [2.45, 2.75) is 33.3 Å². The van der Waals surface area contributed by atoms with Crippen LogP contribution in [0.1, 0.15) is 27.7 Å². The average Bonchev–Trinajstić information content (AvgIpc) is 2.02. The second-order valence-electron chi connectivity index (χ2n) is 3.90. The Morgan fingerprint density at radius 3 is 2.17 bits per heavy atom. The van der Waals surface area contributed by atoms with Crippen molar-refractivity contribution in [3.63, 3.8) is 0 Å². The van der Waals surface area contributed by atoms with Crippen LogP contribution in [0.4, 0.5) is 0 Å². The van der Waals surface area contributed by atoms with Crippen LogP contribution in [0, 0.1) is 11.8 Å². The summed E-state index contributed by atoms with van der Waals surface area (Å²) in [6, 6.07) is 0. The molecule has 0 bridgehead atoms. The first-order valence-electron chi connectivity index (χ1n) is 4.09. The van der Waals surface area contributed by atoms with Gasteiger partial charge in [-0.2, -0.15) is 0 Å². The van der Waals surface area contributed by atoms with E-state index in [2.05, 4.69) is 0 Å². The maximum absolute atomic E-state index is 11.2. The number of carbonyl (C=O) groups excluding carboxylic acids is 2. The molecule has 2 atom stereocenters. The van der Waals surface area contributed by atoms with Gasteiger partial charge in [-0.3, -0.25) is 9.59 Å². The summed E-state index contributed by atoms with van der Waals surface area (Å²) in [4.78, 5) is 22.3. The zero-order valence-corrected chi connectivity index (χ0v) is 7.88. The monoisotopic (exact) mass is 170 g/mol. The van der Waals surface area contributed by atoms with Crippen LogP contribution >= 0.6 is 0 Å². The first kappa shape index (κ1) is 9.23. The average molecular weight is 170 g/mol. The van der Waals surface area contributed by atoms with Crippen LogP contribution in [-0.4, -0.2) is 17.4 Å². The van der Waals surface area contributed by atoms with Crippen molar-refractivity contribution >= 4 is 11.8 Å². The van der Waals surface area contributed by atoms with Gasteiger partial charge < -0.3 is 4.74 Å². The zero-order chi connectivity index (χ0) is 9.52. The second-order valence-corrected chi connectivity index (χ2v) is 3.90. The molecule has 3 heteroatoms. The van der Waals surface area contributed by atoms with E-state index in [1.165, 1.54) is 6.92 Å². The van der Waals surface area contributed by atoms with Gasteiger partial charge in [-0.05, 0) is 20.8 Å². The van der Waals surface area contributed by atoms with Gasteiger partial charge in [0.15, 0.2) is 0 Å². The minimum atomic E-state index is -0.556. The van der Waals surface area contributed by atoms with E-state index >= 15 is 0 Å². The minimum Gasteiger partial charge on any atom is -0.459 e. The lowest BCUT2D eigenvalue weighted by atomic mass is 9.83. The first-order valence-corrected chi connectivity index (χ1v) is 4.09. The van der Waals surface area contributed by atoms with Crippen LogP contribution in [0.5, 0.6) is 0 Å². The van der Waals surface area contributed by atoms with Crippen LogP contribution < -0.4 is 0 Å². The fourth-order valence-corrected chi connectivity index (χ4v) is 1.54. The molecule has 0 spiro atoms. The van der Waals surface area contributed by atoms with Crippen LogP contribution in [0.25, 0.3) is 0 Å². The molecule has 0 radical (unpaired) electrons. The Hall–Kier alpha value is -0.860. The van der Waals surface area contributed by atoms with Gasteiger partial charge in [0, 0.05) is 5.92 Å². The summed E-state index contributed by atoms with van der Waals surface area (Å²) in [6.45, 7) is 6.97. The molecule has 0 aliphatic carbocycles. The molecule has 0 N–H and O–H groups in total. The van der Waals surface area contributed by atoms with Gasteiger partial charge in [-0.1, -0.05) is 6.92 Å². The number of hydrogen-bond donors (Lipinski definition) is 0. The number of Topliss-reactive ketones (excluding diaryl/α,β-unsaturated/α-hetero) is 1.